The molecule has 0 saturated carbocycles. The lowest BCUT2D eigenvalue weighted by molar-refractivity contribution is 0.0702. The second-order valence-electron chi connectivity index (χ2n) is 7.40. The average molecular weight is 421 g/mol. The Morgan fingerprint density at radius 2 is 1.83 bits per heavy atom. The second-order valence-corrected chi connectivity index (χ2v) is 8.46. The highest BCUT2D eigenvalue weighted by molar-refractivity contribution is 7.16. The predicted octanol–water partition coefficient (Wildman–Crippen LogP) is 5.47. The third-order valence-corrected chi connectivity index (χ3v) is 5.85. The molecule has 30 heavy (non-hydrogen) atoms. The summed E-state index contributed by atoms with van der Waals surface area (Å²) in [5.74, 6) is -0.0112. The highest BCUT2D eigenvalue weighted by Gasteiger charge is 2.13. The van der Waals surface area contributed by atoms with E-state index in [9.17, 15) is 9.90 Å². The summed E-state index contributed by atoms with van der Waals surface area (Å²) < 4.78 is 7.76. The third-order valence-electron chi connectivity index (χ3n) is 4.77. The van der Waals surface area contributed by atoms with E-state index < -0.39 is 5.97 Å². The molecule has 0 radical (unpaired) electrons. The number of nitrogens with one attached hydrogen (secondary N) is 1. The number of para-hydroxylation sites is 1. The third kappa shape index (κ3) is 4.40. The van der Waals surface area contributed by atoms with Crippen LogP contribution in [0.25, 0.3) is 15.9 Å². The fraction of sp³-hybridized carbons (Fsp3) is 0.208. The SMILES string of the molecule is CC(C)Oc1ccc(CNCc2cn(-c3ccc(C(=O)O)s3)c3ccccc23)cc1. The normalized spacial score (nSPS) is 11.3. The van der Waals surface area contributed by atoms with E-state index in [1.165, 1.54) is 22.5 Å². The number of ether oxygens (including phenoxy) is 1. The van der Waals surface area contributed by atoms with Crippen molar-refractivity contribution in [1.29, 1.82) is 0 Å². The summed E-state index contributed by atoms with van der Waals surface area (Å²) in [7, 11) is 0. The van der Waals surface area contributed by atoms with Gasteiger partial charge in [-0.25, -0.2) is 4.79 Å². The Bertz CT molecular complexity index is 1160. The highest BCUT2D eigenvalue weighted by Crippen LogP contribution is 2.29. The molecule has 0 bridgehead atoms. The van der Waals surface area contributed by atoms with Gasteiger partial charge in [0.25, 0.3) is 0 Å². The number of carboxylic acids is 1. The number of aromatic nitrogens is 1. The van der Waals surface area contributed by atoms with Crippen molar-refractivity contribution in [3.05, 3.63) is 82.9 Å². The first-order chi connectivity index (χ1) is 14.5. The van der Waals surface area contributed by atoms with Crippen molar-refractivity contribution in [2.24, 2.45) is 0 Å². The minimum absolute atomic E-state index is 0.168. The van der Waals surface area contributed by atoms with Crippen molar-refractivity contribution in [3.8, 4) is 10.8 Å². The van der Waals surface area contributed by atoms with Gasteiger partial charge in [0.2, 0.25) is 0 Å². The van der Waals surface area contributed by atoms with Crippen LogP contribution in [0.15, 0.2) is 66.9 Å². The molecule has 4 aromatic rings. The van der Waals surface area contributed by atoms with Crippen LogP contribution in [0.4, 0.5) is 0 Å². The number of benzene rings is 2. The first-order valence-corrected chi connectivity index (χ1v) is 10.7. The van der Waals surface area contributed by atoms with E-state index >= 15 is 0 Å². The van der Waals surface area contributed by atoms with Crippen LogP contribution in [0.2, 0.25) is 0 Å². The van der Waals surface area contributed by atoms with Crippen molar-refractivity contribution in [2.75, 3.05) is 0 Å². The molecule has 0 aliphatic carbocycles. The van der Waals surface area contributed by atoms with Gasteiger partial charge in [0.05, 0.1) is 11.6 Å². The van der Waals surface area contributed by atoms with Crippen LogP contribution in [0.1, 0.15) is 34.6 Å². The average Bonchev–Trinajstić information content (AvgIpc) is 3.34. The Hall–Kier alpha value is -3.09. The molecule has 6 heteroatoms. The Morgan fingerprint density at radius 1 is 1.07 bits per heavy atom. The van der Waals surface area contributed by atoms with Crippen molar-refractivity contribution >= 4 is 28.2 Å². The fourth-order valence-corrected chi connectivity index (χ4v) is 4.28. The van der Waals surface area contributed by atoms with Crippen LogP contribution < -0.4 is 10.1 Å². The topological polar surface area (TPSA) is 63.5 Å². The van der Waals surface area contributed by atoms with Crippen LogP contribution in [-0.2, 0) is 13.1 Å². The summed E-state index contributed by atoms with van der Waals surface area (Å²) in [6.07, 6.45) is 2.26. The van der Waals surface area contributed by atoms with Crippen LogP contribution >= 0.6 is 11.3 Å². The predicted molar refractivity (Wildman–Crippen MR) is 121 cm³/mol. The molecule has 2 aromatic heterocycles. The molecule has 2 N–H and O–H groups in total. The minimum Gasteiger partial charge on any atom is -0.491 e. The highest BCUT2D eigenvalue weighted by atomic mass is 32.1. The monoisotopic (exact) mass is 420 g/mol. The van der Waals surface area contributed by atoms with Crippen molar-refractivity contribution in [2.45, 2.75) is 33.0 Å². The molecule has 5 nitrogen and oxygen atoms in total. The van der Waals surface area contributed by atoms with E-state index in [-0.39, 0.29) is 6.10 Å². The lowest BCUT2D eigenvalue weighted by Gasteiger charge is -2.10. The van der Waals surface area contributed by atoms with Crippen molar-refractivity contribution in [3.63, 3.8) is 0 Å². The molecule has 0 fully saturated rings. The first-order valence-electron chi connectivity index (χ1n) is 9.90. The lowest BCUT2D eigenvalue weighted by Crippen LogP contribution is -2.12. The summed E-state index contributed by atoms with van der Waals surface area (Å²) in [5.41, 5.74) is 3.44. The quantitative estimate of drug-likeness (QED) is 0.397. The van der Waals surface area contributed by atoms with Gasteiger partial charge in [0, 0.05) is 24.7 Å². The molecule has 4 rings (SSSR count). The number of fused-ring (bicyclic) bond motifs is 1. The standard InChI is InChI=1S/C24H24N2O3S/c1-16(2)29-19-9-7-17(8-10-19)13-25-14-18-15-26(21-6-4-3-5-20(18)21)23-12-11-22(30-23)24(27)28/h3-12,15-16,25H,13-14H2,1-2H3,(H,27,28). The molecular weight excluding hydrogens is 396 g/mol. The zero-order valence-corrected chi connectivity index (χ0v) is 17.8. The summed E-state index contributed by atoms with van der Waals surface area (Å²) in [6, 6.07) is 19.9. The molecule has 0 aliphatic rings. The van der Waals surface area contributed by atoms with E-state index in [1.807, 2.05) is 44.2 Å². The van der Waals surface area contributed by atoms with Gasteiger partial charge in [-0.05, 0) is 55.3 Å². The molecule has 2 heterocycles. The number of hydrogen-bond donors (Lipinski definition) is 2. The van der Waals surface area contributed by atoms with Crippen molar-refractivity contribution in [1.82, 2.24) is 9.88 Å². The van der Waals surface area contributed by atoms with E-state index in [2.05, 4.69) is 40.3 Å². The molecule has 154 valence electrons. The molecule has 2 aromatic carbocycles. The number of aromatic carboxylic acids is 1. The van der Waals surface area contributed by atoms with Crippen LogP contribution in [-0.4, -0.2) is 21.7 Å². The Labute approximate surface area is 179 Å². The van der Waals surface area contributed by atoms with E-state index in [1.54, 1.807) is 6.07 Å². The maximum Gasteiger partial charge on any atom is 0.345 e. The zero-order chi connectivity index (χ0) is 21.1. The van der Waals surface area contributed by atoms with Crippen molar-refractivity contribution < 1.29 is 14.6 Å². The Kier molecular flexibility index (Phi) is 5.88. The van der Waals surface area contributed by atoms with Gasteiger partial charge < -0.3 is 19.7 Å². The van der Waals surface area contributed by atoms with Gasteiger partial charge in [-0.1, -0.05) is 30.3 Å². The first kappa shape index (κ1) is 20.2. The number of thiophene rings is 1. The van der Waals surface area contributed by atoms with E-state index in [4.69, 9.17) is 4.74 Å². The molecule has 0 amide bonds. The number of rotatable bonds is 8. The maximum atomic E-state index is 11.2. The van der Waals surface area contributed by atoms with Crippen LogP contribution in [0.5, 0.6) is 5.75 Å². The lowest BCUT2D eigenvalue weighted by atomic mass is 10.1. The molecule has 0 saturated heterocycles. The number of carbonyl (C=O) groups is 1. The molecule has 0 atom stereocenters. The molecule has 0 unspecified atom stereocenters. The summed E-state index contributed by atoms with van der Waals surface area (Å²) in [5, 5.41) is 14.8. The maximum absolute atomic E-state index is 11.2. The van der Waals surface area contributed by atoms with E-state index in [0.29, 0.717) is 4.88 Å². The smallest absolute Gasteiger partial charge is 0.345 e. The molecule has 0 aliphatic heterocycles. The molecular formula is C24H24N2O3S. The van der Waals surface area contributed by atoms with Gasteiger partial charge >= 0.3 is 5.97 Å². The van der Waals surface area contributed by atoms with Gasteiger partial charge in [-0.15, -0.1) is 11.3 Å². The largest absolute Gasteiger partial charge is 0.491 e. The zero-order valence-electron chi connectivity index (χ0n) is 17.0. The van der Waals surface area contributed by atoms with Gasteiger partial charge in [-0.2, -0.15) is 0 Å². The van der Waals surface area contributed by atoms with Crippen LogP contribution in [0.3, 0.4) is 0 Å². The summed E-state index contributed by atoms with van der Waals surface area (Å²) in [4.78, 5) is 11.6. The second kappa shape index (κ2) is 8.73. The van der Waals surface area contributed by atoms with Crippen LogP contribution in [0, 0.1) is 0 Å². The minimum atomic E-state index is -0.894. The van der Waals surface area contributed by atoms with Gasteiger partial charge in [-0.3, -0.25) is 0 Å². The fourth-order valence-electron chi connectivity index (χ4n) is 3.45. The summed E-state index contributed by atoms with van der Waals surface area (Å²) >= 11 is 1.28. The number of nitrogens with zero attached hydrogens (tertiary/aromatic N) is 1. The Balaban J connectivity index is 1.50. The molecule has 0 spiro atoms. The number of carboxylic acid groups (broad SMARTS) is 1. The summed E-state index contributed by atoms with van der Waals surface area (Å²) in [6.45, 7) is 5.51. The van der Waals surface area contributed by atoms with Gasteiger partial charge in [0.15, 0.2) is 0 Å². The number of hydrogen-bond acceptors (Lipinski definition) is 4. The van der Waals surface area contributed by atoms with Gasteiger partial charge in [0.1, 0.15) is 15.6 Å². The Morgan fingerprint density at radius 3 is 2.53 bits per heavy atom. The van der Waals surface area contributed by atoms with E-state index in [0.717, 1.165) is 34.7 Å².